The Morgan fingerprint density at radius 3 is 2.44 bits per heavy atom. The Bertz CT molecular complexity index is 637. The molecule has 1 aromatic rings. The Morgan fingerprint density at radius 2 is 1.85 bits per heavy atom. The van der Waals surface area contributed by atoms with E-state index >= 15 is 0 Å². The van der Waals surface area contributed by atoms with Crippen LogP contribution >= 0.6 is 0 Å². The van der Waals surface area contributed by atoms with Crippen LogP contribution in [0, 0.1) is 0 Å². The van der Waals surface area contributed by atoms with Gasteiger partial charge in [-0.15, -0.1) is 0 Å². The molecule has 6 nitrogen and oxygen atoms in total. The molecule has 1 aromatic carbocycles. The zero-order valence-corrected chi connectivity index (χ0v) is 17.1. The molecule has 1 aliphatic rings. The first-order valence-electron chi connectivity index (χ1n) is 9.62. The van der Waals surface area contributed by atoms with E-state index in [4.69, 9.17) is 9.47 Å². The first-order chi connectivity index (χ1) is 12.7. The number of hydrogen-bond donors (Lipinski definition) is 1. The number of benzene rings is 1. The van der Waals surface area contributed by atoms with E-state index in [1.165, 1.54) is 5.56 Å². The molecule has 2 amide bonds. The standard InChI is InChI=1S/C21H32N2O4/c1-15(22-20(25)27-21(2,3)4)19(24)23-13-7-6-8-17(14-23)16-9-11-18(26-5)12-10-16/h9-12,15,17H,6-8,13-14H2,1-5H3,(H,22,25). The van der Waals surface area contributed by atoms with Crippen molar-refractivity contribution >= 4 is 12.0 Å². The molecule has 1 fully saturated rings. The van der Waals surface area contributed by atoms with Crippen LogP contribution in [0.15, 0.2) is 24.3 Å². The van der Waals surface area contributed by atoms with Crippen LogP contribution in [0.5, 0.6) is 5.75 Å². The summed E-state index contributed by atoms with van der Waals surface area (Å²) >= 11 is 0. The smallest absolute Gasteiger partial charge is 0.408 e. The van der Waals surface area contributed by atoms with Crippen LogP contribution in [0.2, 0.25) is 0 Å². The highest BCUT2D eigenvalue weighted by atomic mass is 16.6. The molecule has 2 rings (SSSR count). The van der Waals surface area contributed by atoms with Crippen molar-refractivity contribution in [3.63, 3.8) is 0 Å². The van der Waals surface area contributed by atoms with Crippen LogP contribution in [0.1, 0.15) is 58.4 Å². The summed E-state index contributed by atoms with van der Waals surface area (Å²) in [6.45, 7) is 8.48. The zero-order chi connectivity index (χ0) is 20.0. The summed E-state index contributed by atoms with van der Waals surface area (Å²) in [5.74, 6) is 1.05. The fourth-order valence-corrected chi connectivity index (χ4v) is 3.31. The number of carbonyl (C=O) groups is 2. The van der Waals surface area contributed by atoms with Crippen LogP contribution in [0.3, 0.4) is 0 Å². The Labute approximate surface area is 162 Å². The average molecular weight is 376 g/mol. The molecule has 0 radical (unpaired) electrons. The lowest BCUT2D eigenvalue weighted by Gasteiger charge is -2.28. The number of likely N-dealkylation sites (tertiary alicyclic amines) is 1. The molecule has 1 saturated heterocycles. The molecule has 0 bridgehead atoms. The van der Waals surface area contributed by atoms with Gasteiger partial charge in [0.25, 0.3) is 0 Å². The number of alkyl carbamates (subject to hydrolysis) is 1. The van der Waals surface area contributed by atoms with Gasteiger partial charge in [-0.05, 0) is 58.2 Å². The number of nitrogens with one attached hydrogen (secondary N) is 1. The van der Waals surface area contributed by atoms with Gasteiger partial charge in [0.15, 0.2) is 0 Å². The van der Waals surface area contributed by atoms with Crippen molar-refractivity contribution in [2.75, 3.05) is 20.2 Å². The van der Waals surface area contributed by atoms with Crippen molar-refractivity contribution in [3.05, 3.63) is 29.8 Å². The minimum Gasteiger partial charge on any atom is -0.497 e. The number of carbonyl (C=O) groups excluding carboxylic acids is 2. The molecule has 1 aliphatic heterocycles. The molecular formula is C21H32N2O4. The Balaban J connectivity index is 2.00. The van der Waals surface area contributed by atoms with Crippen molar-refractivity contribution in [1.82, 2.24) is 10.2 Å². The summed E-state index contributed by atoms with van der Waals surface area (Å²) in [5, 5.41) is 2.65. The van der Waals surface area contributed by atoms with E-state index in [-0.39, 0.29) is 11.8 Å². The number of methoxy groups -OCH3 is 1. The van der Waals surface area contributed by atoms with E-state index in [1.54, 1.807) is 34.8 Å². The van der Waals surface area contributed by atoms with E-state index < -0.39 is 17.7 Å². The lowest BCUT2D eigenvalue weighted by molar-refractivity contribution is -0.133. The molecular weight excluding hydrogens is 344 g/mol. The van der Waals surface area contributed by atoms with E-state index in [0.29, 0.717) is 13.1 Å². The molecule has 0 saturated carbocycles. The second-order valence-electron chi connectivity index (χ2n) is 8.12. The molecule has 0 aliphatic carbocycles. The van der Waals surface area contributed by atoms with Gasteiger partial charge in [-0.1, -0.05) is 18.6 Å². The summed E-state index contributed by atoms with van der Waals surface area (Å²) in [6, 6.07) is 7.44. The number of amides is 2. The third-order valence-corrected chi connectivity index (χ3v) is 4.67. The lowest BCUT2D eigenvalue weighted by atomic mass is 9.94. The van der Waals surface area contributed by atoms with Crippen molar-refractivity contribution in [2.24, 2.45) is 0 Å². The fourth-order valence-electron chi connectivity index (χ4n) is 3.31. The molecule has 0 aromatic heterocycles. The summed E-state index contributed by atoms with van der Waals surface area (Å²) in [5.41, 5.74) is 0.623. The van der Waals surface area contributed by atoms with Crippen LogP contribution < -0.4 is 10.1 Å². The fraction of sp³-hybridized carbons (Fsp3) is 0.619. The lowest BCUT2D eigenvalue weighted by Crippen LogP contribution is -2.49. The normalized spacial score (nSPS) is 19.0. The molecule has 0 spiro atoms. The first-order valence-corrected chi connectivity index (χ1v) is 9.62. The highest BCUT2D eigenvalue weighted by Gasteiger charge is 2.28. The van der Waals surface area contributed by atoms with Crippen molar-refractivity contribution in [2.45, 2.75) is 64.5 Å². The van der Waals surface area contributed by atoms with Gasteiger partial charge < -0.3 is 19.7 Å². The summed E-state index contributed by atoms with van der Waals surface area (Å²) in [7, 11) is 1.65. The maximum Gasteiger partial charge on any atom is 0.408 e. The minimum atomic E-state index is -0.616. The molecule has 2 unspecified atom stereocenters. The van der Waals surface area contributed by atoms with Crippen molar-refractivity contribution < 1.29 is 19.1 Å². The van der Waals surface area contributed by atoms with E-state index in [1.807, 2.05) is 17.0 Å². The summed E-state index contributed by atoms with van der Waals surface area (Å²) < 4.78 is 10.5. The molecule has 27 heavy (non-hydrogen) atoms. The third-order valence-electron chi connectivity index (χ3n) is 4.67. The Kier molecular flexibility index (Phi) is 7.11. The monoisotopic (exact) mass is 376 g/mol. The van der Waals surface area contributed by atoms with Gasteiger partial charge in [0.1, 0.15) is 17.4 Å². The number of ether oxygens (including phenoxy) is 2. The van der Waals surface area contributed by atoms with Crippen molar-refractivity contribution in [1.29, 1.82) is 0 Å². The zero-order valence-electron chi connectivity index (χ0n) is 17.1. The molecule has 2 atom stereocenters. The SMILES string of the molecule is COc1ccc(C2CCCCN(C(=O)C(C)NC(=O)OC(C)(C)C)C2)cc1. The number of nitrogens with zero attached hydrogens (tertiary/aromatic N) is 1. The predicted molar refractivity (Wildman–Crippen MR) is 105 cm³/mol. The average Bonchev–Trinajstić information content (AvgIpc) is 2.85. The third kappa shape index (κ3) is 6.45. The van der Waals surface area contributed by atoms with Gasteiger partial charge in [0, 0.05) is 19.0 Å². The van der Waals surface area contributed by atoms with Gasteiger partial charge >= 0.3 is 6.09 Å². The van der Waals surface area contributed by atoms with E-state index in [2.05, 4.69) is 17.4 Å². The molecule has 150 valence electrons. The van der Waals surface area contributed by atoms with Crippen molar-refractivity contribution in [3.8, 4) is 5.75 Å². The van der Waals surface area contributed by atoms with E-state index in [9.17, 15) is 9.59 Å². The molecule has 1 heterocycles. The quantitative estimate of drug-likeness (QED) is 0.870. The van der Waals surface area contributed by atoms with Gasteiger partial charge in [-0.25, -0.2) is 4.79 Å². The van der Waals surface area contributed by atoms with Gasteiger partial charge in [0.05, 0.1) is 7.11 Å². The first kappa shape index (κ1) is 21.1. The van der Waals surface area contributed by atoms with Crippen LogP contribution in [-0.2, 0) is 9.53 Å². The highest BCUT2D eigenvalue weighted by molar-refractivity contribution is 5.85. The summed E-state index contributed by atoms with van der Waals surface area (Å²) in [6.07, 6.45) is 2.53. The second kappa shape index (κ2) is 9.11. The summed E-state index contributed by atoms with van der Waals surface area (Å²) in [4.78, 5) is 26.7. The maximum atomic E-state index is 12.9. The van der Waals surface area contributed by atoms with Crippen LogP contribution in [0.25, 0.3) is 0 Å². The molecule has 6 heteroatoms. The largest absolute Gasteiger partial charge is 0.497 e. The van der Waals surface area contributed by atoms with Crippen LogP contribution in [0.4, 0.5) is 4.79 Å². The number of hydrogen-bond acceptors (Lipinski definition) is 4. The van der Waals surface area contributed by atoms with E-state index in [0.717, 1.165) is 25.0 Å². The minimum absolute atomic E-state index is 0.0683. The van der Waals surface area contributed by atoms with Gasteiger partial charge in [0.2, 0.25) is 5.91 Å². The number of rotatable bonds is 4. The van der Waals surface area contributed by atoms with Gasteiger partial charge in [-0.3, -0.25) is 4.79 Å². The predicted octanol–water partition coefficient (Wildman–Crippen LogP) is 3.70. The topological polar surface area (TPSA) is 67.9 Å². The molecule has 1 N–H and O–H groups in total. The van der Waals surface area contributed by atoms with Crippen LogP contribution in [-0.4, -0.2) is 48.7 Å². The van der Waals surface area contributed by atoms with Gasteiger partial charge in [-0.2, -0.15) is 0 Å². The highest BCUT2D eigenvalue weighted by Crippen LogP contribution is 2.28. The Morgan fingerprint density at radius 1 is 1.19 bits per heavy atom. The Hall–Kier alpha value is -2.24. The maximum absolute atomic E-state index is 12.9. The second-order valence-corrected chi connectivity index (χ2v) is 8.12.